The monoisotopic (exact) mass is 237 g/mol. The van der Waals surface area contributed by atoms with Crippen LogP contribution in [-0.2, 0) is 14.6 Å². The molecule has 0 unspecified atom stereocenters. The third-order valence-corrected chi connectivity index (χ3v) is 3.96. The molecular formula is C9H19NO4S. The third kappa shape index (κ3) is 5.74. The van der Waals surface area contributed by atoms with Gasteiger partial charge < -0.3 is 10.4 Å². The van der Waals surface area contributed by atoms with Gasteiger partial charge >= 0.3 is 5.97 Å². The lowest BCUT2D eigenvalue weighted by molar-refractivity contribution is -0.143. The summed E-state index contributed by atoms with van der Waals surface area (Å²) in [5.41, 5.74) is -1.00. The topological polar surface area (TPSA) is 83.5 Å². The average Bonchev–Trinajstić information content (AvgIpc) is 2.12. The number of hydrogen-bond donors (Lipinski definition) is 2. The molecule has 0 bridgehead atoms. The number of sulfone groups is 1. The van der Waals surface area contributed by atoms with Crippen LogP contribution in [0.25, 0.3) is 0 Å². The lowest BCUT2D eigenvalue weighted by Gasteiger charge is -2.20. The minimum atomic E-state index is -2.94. The molecule has 0 aliphatic carbocycles. The average molecular weight is 237 g/mol. The van der Waals surface area contributed by atoms with Crippen LogP contribution in [0.15, 0.2) is 0 Å². The Bertz CT molecular complexity index is 308. The summed E-state index contributed by atoms with van der Waals surface area (Å²) in [6, 6.07) is 0. The molecule has 0 aromatic rings. The normalized spacial score (nSPS) is 12.7. The summed E-state index contributed by atoms with van der Waals surface area (Å²) in [6.45, 7) is 5.08. The zero-order valence-corrected chi connectivity index (χ0v) is 10.2. The van der Waals surface area contributed by atoms with E-state index in [-0.39, 0.29) is 11.5 Å². The molecule has 0 saturated heterocycles. The van der Waals surface area contributed by atoms with Gasteiger partial charge in [0.25, 0.3) is 0 Å². The van der Waals surface area contributed by atoms with E-state index < -0.39 is 21.3 Å². The second kappa shape index (κ2) is 5.46. The van der Waals surface area contributed by atoms with Gasteiger partial charge in [0, 0.05) is 5.75 Å². The molecule has 90 valence electrons. The Morgan fingerprint density at radius 2 is 1.93 bits per heavy atom. The Labute approximate surface area is 90.8 Å². The highest BCUT2D eigenvalue weighted by Gasteiger charge is 2.25. The van der Waals surface area contributed by atoms with Gasteiger partial charge in [-0.25, -0.2) is 8.42 Å². The number of carboxylic acid groups (broad SMARTS) is 1. The van der Waals surface area contributed by atoms with E-state index in [1.54, 1.807) is 20.8 Å². The quantitative estimate of drug-likeness (QED) is 0.621. The van der Waals surface area contributed by atoms with Crippen LogP contribution in [0.5, 0.6) is 0 Å². The second-order valence-corrected chi connectivity index (χ2v) is 6.42. The minimum absolute atomic E-state index is 0.103. The van der Waals surface area contributed by atoms with E-state index in [0.717, 1.165) is 0 Å². The highest BCUT2D eigenvalue weighted by atomic mass is 32.2. The molecule has 0 aromatic heterocycles. The van der Waals surface area contributed by atoms with E-state index in [0.29, 0.717) is 13.0 Å². The fourth-order valence-corrected chi connectivity index (χ4v) is 1.79. The van der Waals surface area contributed by atoms with Gasteiger partial charge in [-0.2, -0.15) is 0 Å². The number of carbonyl (C=O) groups is 1. The van der Waals surface area contributed by atoms with Gasteiger partial charge in [0.1, 0.15) is 15.4 Å². The van der Waals surface area contributed by atoms with Crippen molar-refractivity contribution in [1.29, 1.82) is 0 Å². The van der Waals surface area contributed by atoms with Crippen molar-refractivity contribution in [2.75, 3.05) is 18.1 Å². The van der Waals surface area contributed by atoms with Crippen molar-refractivity contribution >= 4 is 15.8 Å². The fourth-order valence-electron chi connectivity index (χ4n) is 0.913. The van der Waals surface area contributed by atoms with Crippen molar-refractivity contribution in [3.63, 3.8) is 0 Å². The maximum Gasteiger partial charge on any atom is 0.323 e. The molecule has 15 heavy (non-hydrogen) atoms. The lowest BCUT2D eigenvalue weighted by Crippen LogP contribution is -2.47. The van der Waals surface area contributed by atoms with E-state index in [4.69, 9.17) is 5.11 Å². The number of nitrogens with one attached hydrogen (secondary N) is 1. The second-order valence-electron chi connectivity index (χ2n) is 3.95. The van der Waals surface area contributed by atoms with Crippen molar-refractivity contribution in [3.8, 4) is 0 Å². The molecular weight excluding hydrogens is 218 g/mol. The first kappa shape index (κ1) is 14.4. The van der Waals surface area contributed by atoms with Crippen LogP contribution in [-0.4, -0.2) is 43.1 Å². The predicted octanol–water partition coefficient (Wildman–Crippen LogP) is 0.264. The molecule has 0 aliphatic rings. The number of rotatable bonds is 7. The van der Waals surface area contributed by atoms with Gasteiger partial charge in [-0.3, -0.25) is 4.79 Å². The van der Waals surface area contributed by atoms with Gasteiger partial charge in [0.2, 0.25) is 0 Å². The number of aliphatic carboxylic acids is 1. The third-order valence-electron chi connectivity index (χ3n) is 2.17. The highest BCUT2D eigenvalue weighted by molar-refractivity contribution is 7.91. The molecule has 0 fully saturated rings. The van der Waals surface area contributed by atoms with Gasteiger partial charge in [-0.05, 0) is 26.8 Å². The summed E-state index contributed by atoms with van der Waals surface area (Å²) in [5.74, 6) is -0.706. The maximum atomic E-state index is 11.1. The largest absolute Gasteiger partial charge is 0.480 e. The van der Waals surface area contributed by atoms with E-state index in [9.17, 15) is 13.2 Å². The summed E-state index contributed by atoms with van der Waals surface area (Å²) >= 11 is 0. The van der Waals surface area contributed by atoms with Crippen molar-refractivity contribution in [3.05, 3.63) is 0 Å². The highest BCUT2D eigenvalue weighted by Crippen LogP contribution is 2.02. The van der Waals surface area contributed by atoms with Crippen LogP contribution in [0.1, 0.15) is 27.2 Å². The van der Waals surface area contributed by atoms with E-state index in [1.165, 1.54) is 0 Å². The summed E-state index contributed by atoms with van der Waals surface area (Å²) < 4.78 is 22.2. The Hall–Kier alpha value is -0.620. The van der Waals surface area contributed by atoms with Crippen LogP contribution >= 0.6 is 0 Å². The first-order valence-electron chi connectivity index (χ1n) is 4.90. The molecule has 0 radical (unpaired) electrons. The van der Waals surface area contributed by atoms with E-state index in [1.807, 2.05) is 0 Å². The molecule has 0 spiro atoms. The summed E-state index contributed by atoms with van der Waals surface area (Å²) in [6.07, 6.45) is 0.437. The molecule has 0 aliphatic heterocycles. The van der Waals surface area contributed by atoms with Crippen molar-refractivity contribution in [1.82, 2.24) is 5.32 Å². The summed E-state index contributed by atoms with van der Waals surface area (Å²) in [7, 11) is -2.94. The van der Waals surface area contributed by atoms with Gasteiger partial charge in [-0.1, -0.05) is 6.92 Å². The molecule has 5 nitrogen and oxygen atoms in total. The molecule has 6 heteroatoms. The molecule has 0 heterocycles. The maximum absolute atomic E-state index is 11.1. The Morgan fingerprint density at radius 1 is 1.40 bits per heavy atom. The molecule has 0 rings (SSSR count). The first-order valence-corrected chi connectivity index (χ1v) is 6.72. The zero-order chi connectivity index (χ0) is 12.1. The molecule has 0 saturated carbocycles. The van der Waals surface area contributed by atoms with Gasteiger partial charge in [0.05, 0.1) is 5.75 Å². The molecule has 0 atom stereocenters. The van der Waals surface area contributed by atoms with Gasteiger partial charge in [-0.15, -0.1) is 0 Å². The number of carboxylic acids is 1. The van der Waals surface area contributed by atoms with E-state index >= 15 is 0 Å². The Kier molecular flexibility index (Phi) is 5.23. The van der Waals surface area contributed by atoms with Crippen LogP contribution in [0, 0.1) is 0 Å². The van der Waals surface area contributed by atoms with Crippen LogP contribution in [0.2, 0.25) is 0 Å². The Balaban J connectivity index is 3.87. The van der Waals surface area contributed by atoms with Crippen LogP contribution < -0.4 is 5.32 Å². The Morgan fingerprint density at radius 3 is 2.33 bits per heavy atom. The van der Waals surface area contributed by atoms with E-state index in [2.05, 4.69) is 5.32 Å². The number of hydrogen-bond acceptors (Lipinski definition) is 4. The van der Waals surface area contributed by atoms with Crippen molar-refractivity contribution < 1.29 is 18.3 Å². The minimum Gasteiger partial charge on any atom is -0.480 e. The smallest absolute Gasteiger partial charge is 0.323 e. The van der Waals surface area contributed by atoms with Gasteiger partial charge in [0.15, 0.2) is 0 Å². The summed E-state index contributed by atoms with van der Waals surface area (Å²) in [5, 5.41) is 11.6. The fraction of sp³-hybridized carbons (Fsp3) is 0.889. The molecule has 2 N–H and O–H groups in total. The molecule has 0 amide bonds. The predicted molar refractivity (Wildman–Crippen MR) is 58.7 cm³/mol. The van der Waals surface area contributed by atoms with Crippen molar-refractivity contribution in [2.45, 2.75) is 32.7 Å². The standard InChI is InChI=1S/C9H19NO4S/c1-4-15(13,14)7-5-6-10-9(2,3)8(11)12/h10H,4-7H2,1-3H3,(H,11,12). The molecule has 0 aromatic carbocycles. The lowest BCUT2D eigenvalue weighted by atomic mass is 10.1. The first-order chi connectivity index (χ1) is 6.71. The zero-order valence-electron chi connectivity index (χ0n) is 9.41. The SMILES string of the molecule is CCS(=O)(=O)CCCNC(C)(C)C(=O)O. The van der Waals surface area contributed by atoms with Crippen molar-refractivity contribution in [2.24, 2.45) is 0 Å². The van der Waals surface area contributed by atoms with Crippen LogP contribution in [0.3, 0.4) is 0 Å². The van der Waals surface area contributed by atoms with Crippen LogP contribution in [0.4, 0.5) is 0 Å². The summed E-state index contributed by atoms with van der Waals surface area (Å²) in [4.78, 5) is 10.7.